The summed E-state index contributed by atoms with van der Waals surface area (Å²) >= 11 is 0. The molecular weight excluding hydrogens is 232 g/mol. The van der Waals surface area contributed by atoms with Gasteiger partial charge in [-0.05, 0) is 43.2 Å². The molecule has 1 heterocycles. The van der Waals surface area contributed by atoms with Gasteiger partial charge in [-0.3, -0.25) is 5.10 Å². The first-order chi connectivity index (χ1) is 9.42. The minimum Gasteiger partial charge on any atom is -0.269 e. The molecule has 94 valence electrons. The number of hydrogen-bond donors (Lipinski definition) is 1. The van der Waals surface area contributed by atoms with E-state index in [4.69, 9.17) is 0 Å². The monoisotopic (exact) mass is 248 g/mol. The van der Waals surface area contributed by atoms with Crippen molar-refractivity contribution in [3.8, 4) is 23.1 Å². The fourth-order valence-electron chi connectivity index (χ4n) is 2.24. The molecule has 0 unspecified atom stereocenters. The summed E-state index contributed by atoms with van der Waals surface area (Å²) in [6.45, 7) is 0. The van der Waals surface area contributed by atoms with Crippen LogP contribution >= 0.6 is 0 Å². The minimum absolute atomic E-state index is 0.880. The van der Waals surface area contributed by atoms with Crippen molar-refractivity contribution < 1.29 is 0 Å². The third kappa shape index (κ3) is 2.95. The van der Waals surface area contributed by atoms with Gasteiger partial charge in [-0.25, -0.2) is 0 Å². The number of aromatic nitrogens is 2. The molecule has 3 rings (SSSR count). The zero-order chi connectivity index (χ0) is 12.9. The van der Waals surface area contributed by atoms with E-state index in [-0.39, 0.29) is 0 Å². The Kier molecular flexibility index (Phi) is 3.47. The number of nitrogens with one attached hydrogen (secondary N) is 1. The first-order valence-electron chi connectivity index (χ1n) is 6.74. The molecule has 19 heavy (non-hydrogen) atoms. The topological polar surface area (TPSA) is 28.7 Å². The first-order valence-corrected chi connectivity index (χ1v) is 6.74. The molecule has 1 N–H and O–H groups in total. The maximum atomic E-state index is 4.30. The predicted molar refractivity (Wildman–Crippen MR) is 77.5 cm³/mol. The molecule has 0 aliphatic heterocycles. The Hall–Kier alpha value is -2.27. The van der Waals surface area contributed by atoms with Gasteiger partial charge in [-0.15, -0.1) is 0 Å². The van der Waals surface area contributed by atoms with Crippen LogP contribution in [0.5, 0.6) is 0 Å². The van der Waals surface area contributed by atoms with E-state index in [9.17, 15) is 0 Å². The Bertz CT molecular complexity index is 639. The quantitative estimate of drug-likeness (QED) is 0.761. The van der Waals surface area contributed by atoms with Crippen LogP contribution in [-0.4, -0.2) is 10.2 Å². The molecule has 1 aliphatic carbocycles. The molecule has 2 aromatic rings. The summed E-state index contributed by atoms with van der Waals surface area (Å²) < 4.78 is 0. The van der Waals surface area contributed by atoms with E-state index in [1.807, 2.05) is 24.3 Å². The van der Waals surface area contributed by atoms with Crippen molar-refractivity contribution >= 4 is 0 Å². The zero-order valence-corrected chi connectivity index (χ0v) is 10.8. The predicted octanol–water partition coefficient (Wildman–Crippen LogP) is 3.93. The van der Waals surface area contributed by atoms with E-state index in [0.29, 0.717) is 0 Å². The summed E-state index contributed by atoms with van der Waals surface area (Å²) in [5, 5.41) is 7.30. The second-order valence-electron chi connectivity index (χ2n) is 4.76. The smallest absolute Gasteiger partial charge is 0.108 e. The van der Waals surface area contributed by atoms with Gasteiger partial charge in [0.05, 0.1) is 5.69 Å². The molecule has 0 fully saturated rings. The van der Waals surface area contributed by atoms with Gasteiger partial charge in [0, 0.05) is 5.56 Å². The average molecular weight is 248 g/mol. The minimum atomic E-state index is 0.880. The number of nitrogens with zero attached hydrogens (tertiary/aromatic N) is 1. The van der Waals surface area contributed by atoms with Crippen molar-refractivity contribution in [3.05, 3.63) is 53.7 Å². The van der Waals surface area contributed by atoms with Crippen LogP contribution in [0.3, 0.4) is 0 Å². The second kappa shape index (κ2) is 5.58. The fraction of sp³-hybridized carbons (Fsp3) is 0.235. The Morgan fingerprint density at radius 2 is 1.95 bits per heavy atom. The van der Waals surface area contributed by atoms with E-state index in [1.165, 1.54) is 24.8 Å². The van der Waals surface area contributed by atoms with Gasteiger partial charge in [0.1, 0.15) is 5.69 Å². The van der Waals surface area contributed by atoms with Crippen LogP contribution < -0.4 is 0 Å². The van der Waals surface area contributed by atoms with Crippen molar-refractivity contribution in [2.75, 3.05) is 0 Å². The van der Waals surface area contributed by atoms with Crippen molar-refractivity contribution in [2.24, 2.45) is 0 Å². The lowest BCUT2D eigenvalue weighted by molar-refractivity contribution is 0.715. The van der Waals surface area contributed by atoms with Gasteiger partial charge in [0.25, 0.3) is 0 Å². The van der Waals surface area contributed by atoms with Gasteiger partial charge in [0.2, 0.25) is 0 Å². The summed E-state index contributed by atoms with van der Waals surface area (Å²) in [4.78, 5) is 0. The van der Waals surface area contributed by atoms with Crippen LogP contribution in [0, 0.1) is 11.8 Å². The number of rotatable bonds is 1. The molecule has 0 radical (unpaired) electrons. The standard InChI is InChI=1S/C17H16N2/c1-3-7-14(8-4-1)11-12-16-13-17(19-18-16)15-9-5-2-6-10-15/h2,5-7,9-10,13H,1,3-4,8H2,(H,18,19). The van der Waals surface area contributed by atoms with Crippen LogP contribution in [0.1, 0.15) is 31.4 Å². The van der Waals surface area contributed by atoms with E-state index in [2.05, 4.69) is 40.2 Å². The number of H-pyrrole nitrogens is 1. The normalized spacial score (nSPS) is 14.4. The summed E-state index contributed by atoms with van der Waals surface area (Å²) in [5.41, 5.74) is 4.21. The van der Waals surface area contributed by atoms with Crippen LogP contribution in [0.15, 0.2) is 48.0 Å². The van der Waals surface area contributed by atoms with Crippen molar-refractivity contribution in [1.29, 1.82) is 0 Å². The van der Waals surface area contributed by atoms with Crippen LogP contribution in [0.25, 0.3) is 11.3 Å². The first kappa shape index (κ1) is 11.8. The molecule has 0 spiro atoms. The lowest BCUT2D eigenvalue weighted by Gasteiger charge is -2.05. The summed E-state index contributed by atoms with van der Waals surface area (Å²) in [5.74, 6) is 6.41. The Balaban J connectivity index is 1.79. The summed E-state index contributed by atoms with van der Waals surface area (Å²) in [6.07, 6.45) is 7.10. The molecule has 1 aromatic carbocycles. The largest absolute Gasteiger partial charge is 0.269 e. The third-order valence-corrected chi connectivity index (χ3v) is 3.30. The Morgan fingerprint density at radius 3 is 2.74 bits per heavy atom. The number of benzene rings is 1. The second-order valence-corrected chi connectivity index (χ2v) is 4.76. The molecule has 2 heteroatoms. The van der Waals surface area contributed by atoms with Gasteiger partial charge in [-0.2, -0.15) is 5.10 Å². The van der Waals surface area contributed by atoms with E-state index < -0.39 is 0 Å². The lowest BCUT2D eigenvalue weighted by Crippen LogP contribution is -1.88. The van der Waals surface area contributed by atoms with Gasteiger partial charge < -0.3 is 0 Å². The van der Waals surface area contributed by atoms with E-state index in [1.54, 1.807) is 0 Å². The Morgan fingerprint density at radius 1 is 1.05 bits per heavy atom. The average Bonchev–Trinajstić information content (AvgIpc) is 2.96. The van der Waals surface area contributed by atoms with Gasteiger partial charge in [-0.1, -0.05) is 42.3 Å². The van der Waals surface area contributed by atoms with Crippen molar-refractivity contribution in [2.45, 2.75) is 25.7 Å². The molecule has 0 atom stereocenters. The number of hydrogen-bond acceptors (Lipinski definition) is 1. The Labute approximate surface area is 113 Å². The molecule has 1 aromatic heterocycles. The highest BCUT2D eigenvalue weighted by atomic mass is 15.1. The van der Waals surface area contributed by atoms with E-state index >= 15 is 0 Å². The fourth-order valence-corrected chi connectivity index (χ4v) is 2.24. The van der Waals surface area contributed by atoms with Crippen LogP contribution in [0.2, 0.25) is 0 Å². The molecule has 0 saturated carbocycles. The van der Waals surface area contributed by atoms with Crippen molar-refractivity contribution in [3.63, 3.8) is 0 Å². The lowest BCUT2D eigenvalue weighted by atomic mass is 10.00. The maximum Gasteiger partial charge on any atom is 0.108 e. The maximum absolute atomic E-state index is 4.30. The molecular formula is C17H16N2. The molecule has 0 saturated heterocycles. The SMILES string of the molecule is C(#Cc1cc(-c2ccccc2)n[nH]1)C1=CCCCC1. The number of allylic oxidation sites excluding steroid dienone is 2. The molecule has 1 aliphatic rings. The third-order valence-electron chi connectivity index (χ3n) is 3.30. The summed E-state index contributed by atoms with van der Waals surface area (Å²) in [7, 11) is 0. The summed E-state index contributed by atoms with van der Waals surface area (Å²) in [6, 6.07) is 12.1. The highest BCUT2D eigenvalue weighted by Crippen LogP contribution is 2.18. The van der Waals surface area contributed by atoms with E-state index in [0.717, 1.165) is 23.4 Å². The number of aromatic amines is 1. The van der Waals surface area contributed by atoms with Crippen LogP contribution in [0.4, 0.5) is 0 Å². The van der Waals surface area contributed by atoms with Gasteiger partial charge in [0.15, 0.2) is 0 Å². The highest BCUT2D eigenvalue weighted by Gasteiger charge is 2.02. The molecule has 0 bridgehead atoms. The molecule has 2 nitrogen and oxygen atoms in total. The van der Waals surface area contributed by atoms with Crippen LogP contribution in [-0.2, 0) is 0 Å². The zero-order valence-electron chi connectivity index (χ0n) is 10.8. The highest BCUT2D eigenvalue weighted by molar-refractivity contribution is 5.60. The molecule has 0 amide bonds. The van der Waals surface area contributed by atoms with Gasteiger partial charge >= 0.3 is 0 Å². The van der Waals surface area contributed by atoms with Crippen molar-refractivity contribution in [1.82, 2.24) is 10.2 Å².